The summed E-state index contributed by atoms with van der Waals surface area (Å²) in [7, 11) is 0. The summed E-state index contributed by atoms with van der Waals surface area (Å²) in [4.78, 5) is 2.34. The van der Waals surface area contributed by atoms with Gasteiger partial charge in [-0.2, -0.15) is 5.10 Å². The molecule has 0 N–H and O–H groups in total. The lowest BCUT2D eigenvalue weighted by Gasteiger charge is -2.26. The monoisotopic (exact) mass is 251 g/mol. The van der Waals surface area contributed by atoms with Gasteiger partial charge in [-0.25, -0.2) is 0 Å². The number of nitrogens with zero attached hydrogens (tertiary/aromatic N) is 3. The Morgan fingerprint density at radius 2 is 2.29 bits per heavy atom. The Hall–Kier alpha value is -1.26. The average Bonchev–Trinajstić information content (AvgIpc) is 2.83. The summed E-state index contributed by atoms with van der Waals surface area (Å²) in [6.45, 7) is 5.68. The largest absolute Gasteiger partial charge is 0.448 e. The molecular formula is C12H14ClN3O. The molecule has 0 saturated carbocycles. The zero-order valence-electron chi connectivity index (χ0n) is 9.69. The molecule has 0 radical (unpaired) electrons. The minimum Gasteiger partial charge on any atom is -0.448 e. The van der Waals surface area contributed by atoms with Crippen LogP contribution in [-0.4, -0.2) is 21.2 Å². The standard InChI is InChI=1S/C12H14ClN3O/c1-9-6-10-7-15(4-5-16(10)14-9)8-11-2-3-12(13)17-11/h2-3,6H,4-5,7-8H2,1H3. The molecule has 0 amide bonds. The van der Waals surface area contributed by atoms with Gasteiger partial charge >= 0.3 is 0 Å². The molecule has 2 aromatic heterocycles. The molecule has 0 bridgehead atoms. The van der Waals surface area contributed by atoms with Crippen molar-refractivity contribution in [3.05, 3.63) is 40.6 Å². The van der Waals surface area contributed by atoms with E-state index in [1.807, 2.05) is 13.0 Å². The minimum absolute atomic E-state index is 0.456. The van der Waals surface area contributed by atoms with Gasteiger partial charge in [-0.1, -0.05) is 0 Å². The zero-order chi connectivity index (χ0) is 11.8. The number of furan rings is 1. The molecule has 3 heterocycles. The molecule has 90 valence electrons. The van der Waals surface area contributed by atoms with Crippen molar-refractivity contribution in [1.29, 1.82) is 0 Å². The van der Waals surface area contributed by atoms with E-state index in [0.29, 0.717) is 5.22 Å². The number of rotatable bonds is 2. The molecule has 2 aromatic rings. The lowest BCUT2D eigenvalue weighted by Crippen LogP contribution is -2.33. The molecule has 1 aliphatic rings. The lowest BCUT2D eigenvalue weighted by molar-refractivity contribution is 0.191. The fraction of sp³-hybridized carbons (Fsp3) is 0.417. The molecule has 5 heteroatoms. The maximum Gasteiger partial charge on any atom is 0.193 e. The highest BCUT2D eigenvalue weighted by atomic mass is 35.5. The van der Waals surface area contributed by atoms with Gasteiger partial charge in [-0.05, 0) is 36.7 Å². The van der Waals surface area contributed by atoms with Crippen molar-refractivity contribution in [3.8, 4) is 0 Å². The van der Waals surface area contributed by atoms with Crippen LogP contribution in [0, 0.1) is 6.92 Å². The van der Waals surface area contributed by atoms with Crippen LogP contribution in [-0.2, 0) is 19.6 Å². The first kappa shape index (κ1) is 10.9. The Morgan fingerprint density at radius 3 is 3.06 bits per heavy atom. The van der Waals surface area contributed by atoms with Crippen LogP contribution in [0.15, 0.2) is 22.6 Å². The van der Waals surface area contributed by atoms with E-state index in [0.717, 1.165) is 37.6 Å². The van der Waals surface area contributed by atoms with Crippen LogP contribution in [0.3, 0.4) is 0 Å². The third-order valence-corrected chi connectivity index (χ3v) is 3.21. The molecule has 0 atom stereocenters. The van der Waals surface area contributed by atoms with Crippen molar-refractivity contribution in [3.63, 3.8) is 0 Å². The van der Waals surface area contributed by atoms with Gasteiger partial charge in [-0.15, -0.1) is 0 Å². The Morgan fingerprint density at radius 1 is 1.41 bits per heavy atom. The van der Waals surface area contributed by atoms with Gasteiger partial charge in [0, 0.05) is 13.1 Å². The zero-order valence-corrected chi connectivity index (χ0v) is 10.4. The van der Waals surface area contributed by atoms with Crippen molar-refractivity contribution in [2.24, 2.45) is 0 Å². The van der Waals surface area contributed by atoms with Crippen molar-refractivity contribution in [2.45, 2.75) is 26.6 Å². The summed E-state index contributed by atoms with van der Waals surface area (Å²) >= 11 is 5.76. The molecule has 1 aliphatic heterocycles. The van der Waals surface area contributed by atoms with Gasteiger partial charge in [-0.3, -0.25) is 9.58 Å². The maximum atomic E-state index is 5.76. The molecule has 0 spiro atoms. The predicted octanol–water partition coefficient (Wildman–Crippen LogP) is 2.45. The fourth-order valence-electron chi connectivity index (χ4n) is 2.26. The van der Waals surface area contributed by atoms with E-state index in [1.165, 1.54) is 5.69 Å². The quantitative estimate of drug-likeness (QED) is 0.822. The van der Waals surface area contributed by atoms with E-state index in [4.69, 9.17) is 16.0 Å². The second-order valence-electron chi connectivity index (χ2n) is 4.42. The molecule has 0 aromatic carbocycles. The van der Waals surface area contributed by atoms with E-state index in [1.54, 1.807) is 6.07 Å². The topological polar surface area (TPSA) is 34.2 Å². The van der Waals surface area contributed by atoms with Crippen LogP contribution in [0.5, 0.6) is 0 Å². The maximum absolute atomic E-state index is 5.76. The molecule has 0 saturated heterocycles. The van der Waals surface area contributed by atoms with E-state index in [9.17, 15) is 0 Å². The third-order valence-electron chi connectivity index (χ3n) is 3.01. The van der Waals surface area contributed by atoms with Crippen LogP contribution in [0.25, 0.3) is 0 Å². The van der Waals surface area contributed by atoms with Crippen LogP contribution in [0.2, 0.25) is 5.22 Å². The Balaban J connectivity index is 1.71. The number of hydrogen-bond donors (Lipinski definition) is 0. The summed E-state index contributed by atoms with van der Waals surface area (Å²) in [5, 5.41) is 4.90. The predicted molar refractivity (Wildman–Crippen MR) is 64.8 cm³/mol. The molecule has 0 fully saturated rings. The van der Waals surface area contributed by atoms with Crippen LogP contribution in [0.4, 0.5) is 0 Å². The number of aromatic nitrogens is 2. The van der Waals surface area contributed by atoms with Crippen LogP contribution < -0.4 is 0 Å². The Bertz CT molecular complexity index is 532. The summed E-state index contributed by atoms with van der Waals surface area (Å²) < 4.78 is 7.47. The van der Waals surface area contributed by atoms with Gasteiger partial charge in [0.2, 0.25) is 0 Å². The van der Waals surface area contributed by atoms with Gasteiger partial charge in [0.15, 0.2) is 5.22 Å². The van der Waals surface area contributed by atoms with Gasteiger partial charge in [0.1, 0.15) is 5.76 Å². The molecule has 4 nitrogen and oxygen atoms in total. The summed E-state index contributed by atoms with van der Waals surface area (Å²) in [5.41, 5.74) is 2.36. The molecule has 3 rings (SSSR count). The fourth-order valence-corrected chi connectivity index (χ4v) is 2.42. The molecular weight excluding hydrogens is 238 g/mol. The van der Waals surface area contributed by atoms with Crippen LogP contribution >= 0.6 is 11.6 Å². The average molecular weight is 252 g/mol. The molecule has 0 aliphatic carbocycles. The van der Waals surface area contributed by atoms with Crippen molar-refractivity contribution in [1.82, 2.24) is 14.7 Å². The molecule has 0 unspecified atom stereocenters. The first-order valence-electron chi connectivity index (χ1n) is 5.70. The summed E-state index contributed by atoms with van der Waals surface area (Å²) in [6.07, 6.45) is 0. The SMILES string of the molecule is Cc1cc2n(n1)CCN(Cc1ccc(Cl)o1)C2. The first-order valence-corrected chi connectivity index (χ1v) is 6.08. The summed E-state index contributed by atoms with van der Waals surface area (Å²) in [5.74, 6) is 0.916. The van der Waals surface area contributed by atoms with Crippen molar-refractivity contribution >= 4 is 11.6 Å². The highest BCUT2D eigenvalue weighted by Gasteiger charge is 2.18. The Kier molecular flexibility index (Phi) is 2.68. The van der Waals surface area contributed by atoms with Crippen LogP contribution in [0.1, 0.15) is 17.1 Å². The van der Waals surface area contributed by atoms with Gasteiger partial charge in [0.25, 0.3) is 0 Å². The summed E-state index contributed by atoms with van der Waals surface area (Å²) in [6, 6.07) is 5.86. The van der Waals surface area contributed by atoms with E-state index in [-0.39, 0.29) is 0 Å². The highest BCUT2D eigenvalue weighted by molar-refractivity contribution is 6.28. The van der Waals surface area contributed by atoms with E-state index >= 15 is 0 Å². The first-order chi connectivity index (χ1) is 8.20. The smallest absolute Gasteiger partial charge is 0.193 e. The van der Waals surface area contributed by atoms with Gasteiger partial charge in [0.05, 0.1) is 24.5 Å². The van der Waals surface area contributed by atoms with E-state index < -0.39 is 0 Å². The number of halogens is 1. The normalized spacial score (nSPS) is 16.1. The number of aryl methyl sites for hydroxylation is 1. The third kappa shape index (κ3) is 2.23. The highest BCUT2D eigenvalue weighted by Crippen LogP contribution is 2.19. The lowest BCUT2D eigenvalue weighted by atomic mass is 10.2. The second kappa shape index (κ2) is 4.20. The second-order valence-corrected chi connectivity index (χ2v) is 4.79. The number of fused-ring (bicyclic) bond motifs is 1. The molecule has 17 heavy (non-hydrogen) atoms. The number of hydrogen-bond acceptors (Lipinski definition) is 3. The van der Waals surface area contributed by atoms with Crippen molar-refractivity contribution in [2.75, 3.05) is 6.54 Å². The van der Waals surface area contributed by atoms with Gasteiger partial charge < -0.3 is 4.42 Å². The minimum atomic E-state index is 0.456. The Labute approximate surface area is 105 Å². The van der Waals surface area contributed by atoms with E-state index in [2.05, 4.69) is 20.7 Å². The van der Waals surface area contributed by atoms with Crippen molar-refractivity contribution < 1.29 is 4.42 Å².